The summed E-state index contributed by atoms with van der Waals surface area (Å²) in [5.41, 5.74) is 10.9. The zero-order valence-corrected chi connectivity index (χ0v) is 11.0. The molecule has 8 heteroatoms. The molecule has 0 saturated heterocycles. The van der Waals surface area contributed by atoms with E-state index in [1.807, 2.05) is 6.92 Å². The summed E-state index contributed by atoms with van der Waals surface area (Å²) in [6, 6.07) is 0. The van der Waals surface area contributed by atoms with Crippen molar-refractivity contribution in [2.45, 2.75) is 19.9 Å². The van der Waals surface area contributed by atoms with Crippen LogP contribution in [0.5, 0.6) is 0 Å². The number of primary amides is 1. The third-order valence-electron chi connectivity index (χ3n) is 2.48. The minimum atomic E-state index is -0.580. The summed E-state index contributed by atoms with van der Waals surface area (Å²) >= 11 is 0. The lowest BCUT2D eigenvalue weighted by molar-refractivity contribution is -0.122. The number of aromatic nitrogens is 2. The van der Waals surface area contributed by atoms with E-state index in [0.717, 1.165) is 0 Å². The average molecular weight is 270 g/mol. The van der Waals surface area contributed by atoms with E-state index in [2.05, 4.69) is 9.72 Å². The Morgan fingerprint density at radius 3 is 2.63 bits per heavy atom. The van der Waals surface area contributed by atoms with Crippen LogP contribution < -0.4 is 11.5 Å². The lowest BCUT2D eigenvalue weighted by Gasteiger charge is -2.08. The van der Waals surface area contributed by atoms with Crippen molar-refractivity contribution in [3.63, 3.8) is 0 Å². The third-order valence-corrected chi connectivity index (χ3v) is 2.48. The number of carbonyl (C=O) groups excluding carboxylic acids is 2. The predicted molar refractivity (Wildman–Crippen MR) is 67.4 cm³/mol. The number of nitrogen functional groups attached to an aromatic ring is 1. The minimum Gasteiger partial charge on any atom is -0.464 e. The molecule has 0 aliphatic heterocycles. The first-order chi connectivity index (χ1) is 9.01. The molecule has 0 atom stereocenters. The van der Waals surface area contributed by atoms with Crippen LogP contribution in [0.25, 0.3) is 0 Å². The fourth-order valence-corrected chi connectivity index (χ4v) is 1.61. The fraction of sp³-hybridized carbons (Fsp3) is 0.545. The highest BCUT2D eigenvalue weighted by Gasteiger charge is 2.19. The normalized spacial score (nSPS) is 10.4. The van der Waals surface area contributed by atoms with E-state index in [-0.39, 0.29) is 24.7 Å². The number of imidazole rings is 1. The van der Waals surface area contributed by atoms with Crippen LogP contribution in [0.3, 0.4) is 0 Å². The van der Waals surface area contributed by atoms with Crippen LogP contribution in [0.1, 0.15) is 23.2 Å². The molecule has 4 N–H and O–H groups in total. The summed E-state index contributed by atoms with van der Waals surface area (Å²) < 4.78 is 11.3. The number of esters is 1. The summed E-state index contributed by atoms with van der Waals surface area (Å²) in [5.74, 6) is -0.236. The number of amides is 1. The minimum absolute atomic E-state index is 0.0919. The van der Waals surface area contributed by atoms with Gasteiger partial charge >= 0.3 is 5.97 Å². The van der Waals surface area contributed by atoms with E-state index in [0.29, 0.717) is 18.8 Å². The molecule has 1 aromatic rings. The van der Waals surface area contributed by atoms with Gasteiger partial charge in [0.05, 0.1) is 13.7 Å². The second-order valence-electron chi connectivity index (χ2n) is 3.78. The Labute approximate surface area is 110 Å². The van der Waals surface area contributed by atoms with Gasteiger partial charge in [-0.1, -0.05) is 6.92 Å². The molecular weight excluding hydrogens is 252 g/mol. The molecule has 0 fully saturated rings. The predicted octanol–water partition coefficient (Wildman–Crippen LogP) is -0.684. The first-order valence-electron chi connectivity index (χ1n) is 5.80. The van der Waals surface area contributed by atoms with Crippen molar-refractivity contribution in [3.8, 4) is 0 Å². The Balaban J connectivity index is 2.78. The molecule has 0 bridgehead atoms. The fourth-order valence-electron chi connectivity index (χ4n) is 1.61. The van der Waals surface area contributed by atoms with Crippen LogP contribution >= 0.6 is 0 Å². The monoisotopic (exact) mass is 270 g/mol. The number of rotatable bonds is 7. The molecule has 1 rings (SSSR count). The first-order valence-corrected chi connectivity index (χ1v) is 5.80. The third kappa shape index (κ3) is 3.68. The van der Waals surface area contributed by atoms with Crippen molar-refractivity contribution in [1.82, 2.24) is 9.55 Å². The molecule has 1 heterocycles. The van der Waals surface area contributed by atoms with Gasteiger partial charge in [-0.2, -0.15) is 0 Å². The number of methoxy groups -OCH3 is 1. The van der Waals surface area contributed by atoms with Crippen LogP contribution in [0.2, 0.25) is 0 Å². The highest BCUT2D eigenvalue weighted by atomic mass is 16.5. The van der Waals surface area contributed by atoms with E-state index in [4.69, 9.17) is 16.2 Å². The highest BCUT2D eigenvalue weighted by Crippen LogP contribution is 2.16. The zero-order valence-electron chi connectivity index (χ0n) is 11.0. The quantitative estimate of drug-likeness (QED) is 0.499. The van der Waals surface area contributed by atoms with Crippen molar-refractivity contribution in [3.05, 3.63) is 11.5 Å². The zero-order chi connectivity index (χ0) is 14.4. The van der Waals surface area contributed by atoms with Gasteiger partial charge in [-0.05, 0) is 0 Å². The second kappa shape index (κ2) is 6.74. The van der Waals surface area contributed by atoms with Crippen molar-refractivity contribution in [2.75, 3.05) is 26.1 Å². The van der Waals surface area contributed by atoms with Crippen LogP contribution in [-0.4, -0.2) is 41.8 Å². The Morgan fingerprint density at radius 1 is 1.42 bits per heavy atom. The Morgan fingerprint density at radius 2 is 2.11 bits per heavy atom. The Bertz CT molecular complexity index is 470. The maximum Gasteiger partial charge on any atom is 0.360 e. The average Bonchev–Trinajstić information content (AvgIpc) is 2.70. The summed E-state index contributed by atoms with van der Waals surface area (Å²) in [6.07, 6.45) is 0.608. The Hall–Kier alpha value is -2.09. The molecule has 0 radical (unpaired) electrons. The first kappa shape index (κ1) is 15.0. The molecule has 0 aromatic carbocycles. The molecule has 0 spiro atoms. The summed E-state index contributed by atoms with van der Waals surface area (Å²) in [7, 11) is 1.27. The van der Waals surface area contributed by atoms with Crippen LogP contribution in [0, 0.1) is 0 Å². The van der Waals surface area contributed by atoms with Gasteiger partial charge in [-0.15, -0.1) is 0 Å². The second-order valence-corrected chi connectivity index (χ2v) is 3.78. The molecular formula is C11H18N4O4. The largest absolute Gasteiger partial charge is 0.464 e. The van der Waals surface area contributed by atoms with Gasteiger partial charge < -0.3 is 25.5 Å². The molecule has 1 aromatic heterocycles. The number of hydrogen-bond donors (Lipinski definition) is 2. The maximum atomic E-state index is 11.5. The molecule has 8 nitrogen and oxygen atoms in total. The summed E-state index contributed by atoms with van der Waals surface area (Å²) in [4.78, 5) is 26.1. The number of ether oxygens (including phenoxy) is 2. The Kier molecular flexibility index (Phi) is 5.31. The van der Waals surface area contributed by atoms with Crippen LogP contribution in [0.15, 0.2) is 0 Å². The van der Waals surface area contributed by atoms with E-state index >= 15 is 0 Å². The number of nitrogens with two attached hydrogens (primary N) is 2. The van der Waals surface area contributed by atoms with E-state index in [1.165, 1.54) is 7.11 Å². The van der Waals surface area contributed by atoms with E-state index in [9.17, 15) is 9.59 Å². The van der Waals surface area contributed by atoms with Gasteiger partial charge in [0.25, 0.3) is 0 Å². The van der Waals surface area contributed by atoms with Gasteiger partial charge in [-0.3, -0.25) is 4.79 Å². The van der Waals surface area contributed by atoms with Crippen LogP contribution in [-0.2, 0) is 27.2 Å². The van der Waals surface area contributed by atoms with E-state index in [1.54, 1.807) is 4.57 Å². The topological polar surface area (TPSA) is 122 Å². The summed E-state index contributed by atoms with van der Waals surface area (Å²) in [5, 5.41) is 0. The smallest absolute Gasteiger partial charge is 0.360 e. The van der Waals surface area contributed by atoms with Crippen LogP contribution in [0.4, 0.5) is 5.82 Å². The number of anilines is 1. The number of hydrogen-bond acceptors (Lipinski definition) is 6. The van der Waals surface area contributed by atoms with Gasteiger partial charge in [0, 0.05) is 13.0 Å². The maximum absolute atomic E-state index is 11.5. The number of aryl methyl sites for hydroxylation is 1. The molecule has 1 amide bonds. The highest BCUT2D eigenvalue weighted by molar-refractivity contribution is 5.92. The SMILES string of the molecule is CCc1nc(C(=O)OC)c(N)n1CCOCC(N)=O. The molecule has 19 heavy (non-hydrogen) atoms. The van der Waals surface area contributed by atoms with Crippen molar-refractivity contribution in [1.29, 1.82) is 0 Å². The van der Waals surface area contributed by atoms with Gasteiger partial charge in [0.15, 0.2) is 5.69 Å². The molecule has 0 saturated carbocycles. The lowest BCUT2D eigenvalue weighted by atomic mass is 10.4. The van der Waals surface area contributed by atoms with Gasteiger partial charge in [-0.25, -0.2) is 9.78 Å². The van der Waals surface area contributed by atoms with Crippen molar-refractivity contribution in [2.24, 2.45) is 5.73 Å². The summed E-state index contributed by atoms with van der Waals surface area (Å²) in [6.45, 7) is 2.37. The molecule has 0 aliphatic carbocycles. The lowest BCUT2D eigenvalue weighted by Crippen LogP contribution is -2.20. The molecule has 0 aliphatic rings. The standard InChI is InChI=1S/C11H18N4O4/c1-3-8-14-9(11(17)18-2)10(13)15(8)4-5-19-6-7(12)16/h3-6,13H2,1-2H3,(H2,12,16). The molecule has 106 valence electrons. The number of carbonyl (C=O) groups is 2. The van der Waals surface area contributed by atoms with Gasteiger partial charge in [0.2, 0.25) is 5.91 Å². The molecule has 0 unspecified atom stereocenters. The number of nitrogens with zero attached hydrogens (tertiary/aromatic N) is 2. The van der Waals surface area contributed by atoms with E-state index < -0.39 is 11.9 Å². The van der Waals surface area contributed by atoms with Crippen molar-refractivity contribution < 1.29 is 19.1 Å². The van der Waals surface area contributed by atoms with Crippen molar-refractivity contribution >= 4 is 17.7 Å². The van der Waals surface area contributed by atoms with Gasteiger partial charge in [0.1, 0.15) is 18.2 Å².